The molecule has 3 fully saturated rings. The molecular formula is C32H42BCl3N8O4. The van der Waals surface area contributed by atoms with Crippen LogP contribution in [-0.2, 0) is 32.9 Å². The minimum absolute atomic E-state index is 0.284. The van der Waals surface area contributed by atoms with Crippen molar-refractivity contribution in [2.24, 2.45) is 14.1 Å². The van der Waals surface area contributed by atoms with Crippen LogP contribution in [0.2, 0.25) is 15.2 Å². The Balaban J connectivity index is 0.000000143. The van der Waals surface area contributed by atoms with E-state index < -0.39 is 0 Å². The van der Waals surface area contributed by atoms with Gasteiger partial charge in [0, 0.05) is 79.9 Å². The first-order valence-electron chi connectivity index (χ1n) is 15.8. The van der Waals surface area contributed by atoms with E-state index in [4.69, 9.17) is 53.6 Å². The van der Waals surface area contributed by atoms with E-state index in [-0.39, 0.29) is 18.3 Å². The number of halogens is 3. The molecule has 4 aromatic heterocycles. The average molecular weight is 720 g/mol. The summed E-state index contributed by atoms with van der Waals surface area (Å²) in [7, 11) is 3.47. The Kier molecular flexibility index (Phi) is 11.9. The summed E-state index contributed by atoms with van der Waals surface area (Å²) in [5.74, 6) is 1.72. The number of nitrogens with zero attached hydrogens (tertiary/aromatic N) is 8. The van der Waals surface area contributed by atoms with Gasteiger partial charge >= 0.3 is 7.12 Å². The minimum atomic E-state index is -0.302. The van der Waals surface area contributed by atoms with Crippen molar-refractivity contribution in [3.05, 3.63) is 64.3 Å². The predicted molar refractivity (Wildman–Crippen MR) is 191 cm³/mol. The third kappa shape index (κ3) is 9.41. The Labute approximate surface area is 297 Å². The highest BCUT2D eigenvalue weighted by Crippen LogP contribution is 2.36. The molecule has 3 aliphatic heterocycles. The molecule has 258 valence electrons. The van der Waals surface area contributed by atoms with E-state index >= 15 is 0 Å². The smallest absolute Gasteiger partial charge is 0.399 e. The highest BCUT2D eigenvalue weighted by atomic mass is 35.5. The van der Waals surface area contributed by atoms with Gasteiger partial charge in [0.2, 0.25) is 0 Å². The lowest BCUT2D eigenvalue weighted by Crippen LogP contribution is -2.41. The minimum Gasteiger partial charge on any atom is -0.399 e. The Morgan fingerprint density at radius 2 is 1.17 bits per heavy atom. The zero-order chi connectivity index (χ0) is 34.5. The molecule has 0 spiro atoms. The SMILES string of the molecule is Clc1cc(Cl)nc(N2CCOCC2)c1.Cn1cc(-c2cc(Cl)cc(N3CCOCC3)n2)cn1.Cn1cc(B2OC(C)(C)C(C)(C)O2)cn1. The van der Waals surface area contributed by atoms with E-state index in [1.165, 1.54) is 0 Å². The Hall–Kier alpha value is -2.91. The van der Waals surface area contributed by atoms with Crippen molar-refractivity contribution < 1.29 is 18.8 Å². The third-order valence-electron chi connectivity index (χ3n) is 8.44. The van der Waals surface area contributed by atoms with Gasteiger partial charge in [-0.15, -0.1) is 0 Å². The molecule has 48 heavy (non-hydrogen) atoms. The van der Waals surface area contributed by atoms with Crippen LogP contribution in [0.1, 0.15) is 27.7 Å². The summed E-state index contributed by atoms with van der Waals surface area (Å²) in [6, 6.07) is 7.21. The number of aromatic nitrogens is 6. The third-order valence-corrected chi connectivity index (χ3v) is 9.07. The van der Waals surface area contributed by atoms with Crippen molar-refractivity contribution in [1.82, 2.24) is 29.5 Å². The molecule has 7 rings (SSSR count). The maximum Gasteiger partial charge on any atom is 0.498 e. The van der Waals surface area contributed by atoms with Crippen molar-refractivity contribution in [1.29, 1.82) is 0 Å². The van der Waals surface area contributed by atoms with Crippen LogP contribution < -0.4 is 15.3 Å². The standard InChI is InChI=1S/C13H15ClN4O.C10H17BN2O2.C9H10Cl2N2O/c1-17-9-10(8-15-17)12-6-11(14)7-13(16-12)18-2-4-19-5-3-18;1-9(2)10(3,4)15-11(14-9)8-6-12-13(5)7-8;10-7-5-8(11)12-9(6-7)13-1-3-14-4-2-13/h6-9H,2-5H2,1H3;6-7H,1-5H3;5-6H,1-4H2. The summed E-state index contributed by atoms with van der Waals surface area (Å²) >= 11 is 17.9. The lowest BCUT2D eigenvalue weighted by Gasteiger charge is -2.32. The summed E-state index contributed by atoms with van der Waals surface area (Å²) in [5.41, 5.74) is 2.22. The van der Waals surface area contributed by atoms with Gasteiger partial charge < -0.3 is 28.6 Å². The summed E-state index contributed by atoms with van der Waals surface area (Å²) < 4.78 is 25.9. The maximum atomic E-state index is 6.20. The van der Waals surface area contributed by atoms with Crippen LogP contribution in [0.15, 0.2) is 49.1 Å². The predicted octanol–water partition coefficient (Wildman–Crippen LogP) is 4.92. The average Bonchev–Trinajstić information content (AvgIpc) is 3.74. The van der Waals surface area contributed by atoms with Crippen molar-refractivity contribution in [2.45, 2.75) is 38.9 Å². The molecule has 0 radical (unpaired) electrons. The van der Waals surface area contributed by atoms with Gasteiger partial charge in [0.1, 0.15) is 16.8 Å². The molecule has 7 heterocycles. The number of aryl methyl sites for hydroxylation is 2. The molecule has 0 amide bonds. The molecule has 0 aromatic carbocycles. The van der Waals surface area contributed by atoms with E-state index in [0.29, 0.717) is 15.2 Å². The number of anilines is 2. The van der Waals surface area contributed by atoms with E-state index in [2.05, 4.69) is 30.0 Å². The van der Waals surface area contributed by atoms with Gasteiger partial charge in [-0.25, -0.2) is 9.97 Å². The molecule has 0 unspecified atom stereocenters. The topological polar surface area (TPSA) is 105 Å². The van der Waals surface area contributed by atoms with Gasteiger partial charge in [0.05, 0.1) is 49.5 Å². The van der Waals surface area contributed by atoms with Gasteiger partial charge in [-0.2, -0.15) is 10.2 Å². The summed E-state index contributed by atoms with van der Waals surface area (Å²) in [6.07, 6.45) is 7.42. The molecule has 16 heteroatoms. The Morgan fingerprint density at radius 1 is 0.667 bits per heavy atom. The zero-order valence-corrected chi connectivity index (χ0v) is 30.5. The first-order valence-corrected chi connectivity index (χ1v) is 16.9. The molecule has 0 bridgehead atoms. The van der Waals surface area contributed by atoms with Gasteiger partial charge in [0.15, 0.2) is 0 Å². The van der Waals surface area contributed by atoms with Gasteiger partial charge in [-0.05, 0) is 52.0 Å². The van der Waals surface area contributed by atoms with Gasteiger partial charge in [-0.1, -0.05) is 34.8 Å². The first-order chi connectivity index (χ1) is 22.8. The monoisotopic (exact) mass is 718 g/mol. The summed E-state index contributed by atoms with van der Waals surface area (Å²) in [5, 5.41) is 10.0. The van der Waals surface area contributed by atoms with Crippen LogP contribution in [0, 0.1) is 0 Å². The number of ether oxygens (including phenoxy) is 2. The zero-order valence-electron chi connectivity index (χ0n) is 28.2. The molecule has 0 aliphatic carbocycles. The van der Waals surface area contributed by atoms with Crippen LogP contribution in [-0.4, -0.2) is 100 Å². The fourth-order valence-corrected chi connectivity index (χ4v) is 5.75. The molecule has 4 aromatic rings. The number of hydrogen-bond donors (Lipinski definition) is 0. The molecule has 3 saturated heterocycles. The second-order valence-corrected chi connectivity index (χ2v) is 13.9. The van der Waals surface area contributed by atoms with Crippen LogP contribution in [0.3, 0.4) is 0 Å². The summed E-state index contributed by atoms with van der Waals surface area (Å²) in [6.45, 7) is 14.5. The normalized spacial score (nSPS) is 18.6. The fourth-order valence-electron chi connectivity index (χ4n) is 5.09. The van der Waals surface area contributed by atoms with Crippen molar-refractivity contribution in [2.75, 3.05) is 62.4 Å². The second-order valence-electron chi connectivity index (χ2n) is 12.6. The fraction of sp³-hybridized carbons (Fsp3) is 0.500. The quantitative estimate of drug-likeness (QED) is 0.213. The van der Waals surface area contributed by atoms with Crippen molar-refractivity contribution in [3.8, 4) is 11.3 Å². The molecule has 0 N–H and O–H groups in total. The van der Waals surface area contributed by atoms with Crippen LogP contribution in [0.4, 0.5) is 11.6 Å². The lowest BCUT2D eigenvalue weighted by molar-refractivity contribution is 0.00578. The molecule has 0 atom stereocenters. The Bertz CT molecular complexity index is 1620. The number of rotatable bonds is 4. The number of morpholine rings is 2. The van der Waals surface area contributed by atoms with Gasteiger partial charge in [-0.3, -0.25) is 9.36 Å². The van der Waals surface area contributed by atoms with Crippen LogP contribution >= 0.6 is 34.8 Å². The summed E-state index contributed by atoms with van der Waals surface area (Å²) in [4.78, 5) is 13.2. The molecule has 0 saturated carbocycles. The largest absolute Gasteiger partial charge is 0.498 e. The van der Waals surface area contributed by atoms with E-state index in [0.717, 1.165) is 81.0 Å². The first kappa shape index (κ1) is 36.4. The van der Waals surface area contributed by atoms with Crippen LogP contribution in [0.25, 0.3) is 11.3 Å². The highest BCUT2D eigenvalue weighted by molar-refractivity contribution is 6.62. The van der Waals surface area contributed by atoms with Crippen molar-refractivity contribution >= 4 is 59.0 Å². The van der Waals surface area contributed by atoms with E-state index in [1.54, 1.807) is 27.8 Å². The van der Waals surface area contributed by atoms with Crippen molar-refractivity contribution in [3.63, 3.8) is 0 Å². The molecular weight excluding hydrogens is 678 g/mol. The second kappa shape index (κ2) is 15.8. The Morgan fingerprint density at radius 3 is 1.65 bits per heavy atom. The highest BCUT2D eigenvalue weighted by Gasteiger charge is 2.52. The number of pyridine rings is 2. The van der Waals surface area contributed by atoms with E-state index in [9.17, 15) is 0 Å². The van der Waals surface area contributed by atoms with Crippen LogP contribution in [0.5, 0.6) is 0 Å². The molecule has 12 nitrogen and oxygen atoms in total. The lowest BCUT2D eigenvalue weighted by atomic mass is 9.82. The number of hydrogen-bond acceptors (Lipinski definition) is 10. The van der Waals surface area contributed by atoms with E-state index in [1.807, 2.05) is 72.4 Å². The molecule has 3 aliphatic rings. The van der Waals surface area contributed by atoms with Gasteiger partial charge in [0.25, 0.3) is 0 Å². The maximum absolute atomic E-state index is 6.20.